The molecule has 1 saturated heterocycles. The van der Waals surface area contributed by atoms with Gasteiger partial charge < -0.3 is 35.2 Å². The van der Waals surface area contributed by atoms with Gasteiger partial charge in [0.2, 0.25) is 0 Å². The van der Waals surface area contributed by atoms with E-state index in [1.807, 2.05) is 0 Å². The van der Waals surface area contributed by atoms with Gasteiger partial charge in [0.1, 0.15) is 24.0 Å². The number of hydrogen-bond donors (Lipinski definition) is 6. The van der Waals surface area contributed by atoms with Crippen LogP contribution in [0.4, 0.5) is 10.2 Å². The maximum atomic E-state index is 13.8. The highest BCUT2D eigenvalue weighted by Crippen LogP contribution is 2.66. The number of alkyl halides is 2. The molecular weight excluding hydrogens is 517 g/mol. The Kier molecular flexibility index (Phi) is 7.89. The smallest absolute Gasteiger partial charge is 0.388 e. The molecule has 0 radical (unpaired) electrons. The van der Waals surface area contributed by atoms with Gasteiger partial charge in [0.15, 0.2) is 11.8 Å². The summed E-state index contributed by atoms with van der Waals surface area (Å²) in [6.07, 6.45) is -2.42. The van der Waals surface area contributed by atoms with Crippen LogP contribution in [-0.4, -0.2) is 64.6 Å². The highest BCUT2D eigenvalue weighted by molar-refractivity contribution is 7.66. The number of ether oxygens (including phenoxy) is 1. The molecule has 21 heteroatoms. The topological polar surface area (TPSA) is 250 Å². The minimum Gasteiger partial charge on any atom is -0.388 e. The maximum Gasteiger partial charge on any atom is 0.490 e. The van der Waals surface area contributed by atoms with Gasteiger partial charge in [-0.25, -0.2) is 22.9 Å². The van der Waals surface area contributed by atoms with Crippen LogP contribution >= 0.6 is 35.1 Å². The zero-order valence-corrected chi connectivity index (χ0v) is 18.3. The molecule has 0 saturated carbocycles. The first-order valence-corrected chi connectivity index (χ1v) is 12.7. The van der Waals surface area contributed by atoms with Crippen molar-refractivity contribution in [3.63, 3.8) is 0 Å². The number of anilines is 1. The lowest BCUT2D eigenvalue weighted by atomic mass is 9.99. The summed E-state index contributed by atoms with van der Waals surface area (Å²) < 4.78 is 64.9. The van der Waals surface area contributed by atoms with Crippen LogP contribution in [0.5, 0.6) is 0 Å². The molecule has 1 aromatic heterocycles. The van der Waals surface area contributed by atoms with Gasteiger partial charge in [0.25, 0.3) is 0 Å². The van der Waals surface area contributed by atoms with Crippen LogP contribution in [0.25, 0.3) is 0 Å². The van der Waals surface area contributed by atoms with Crippen molar-refractivity contribution >= 4 is 40.9 Å². The minimum absolute atomic E-state index is 0.157. The Hall–Kier alpha value is -0.770. The average molecular weight is 534 g/mol. The first-order valence-electron chi connectivity index (χ1n) is 7.70. The summed E-state index contributed by atoms with van der Waals surface area (Å²) >= 11 is 6.00. The quantitative estimate of drug-likeness (QED) is 0.171. The standard InChI is InChI=1S/C10H16ClFN3O13P3/c11-6-7(16)10(3-12,26-8(6)15-2-1-5(13)14-9(15)17)4-25-30(21,22)28-31(23,24)27-29(18,19)20/h1-2,6-8,16H,3-4H2,(H,21,22)(H,23,24)(H2,13,14,17)(H2,18,19,20)/t6-,7+,8+,10-/m1/s1. The molecular formula is C10H16ClFN3O13P3. The molecule has 1 aliphatic heterocycles. The first kappa shape index (κ1) is 26.5. The van der Waals surface area contributed by atoms with E-state index in [-0.39, 0.29) is 5.82 Å². The molecule has 1 fully saturated rings. The van der Waals surface area contributed by atoms with Crippen molar-refractivity contribution < 1.29 is 60.6 Å². The number of nitrogens with zero attached hydrogens (tertiary/aromatic N) is 2. The Morgan fingerprint density at radius 1 is 1.26 bits per heavy atom. The zero-order chi connectivity index (χ0) is 23.8. The summed E-state index contributed by atoms with van der Waals surface area (Å²) in [6.45, 7) is -2.92. The number of hydrogen-bond acceptors (Lipinski definition) is 11. The van der Waals surface area contributed by atoms with Gasteiger partial charge in [0, 0.05) is 6.20 Å². The van der Waals surface area contributed by atoms with Crippen LogP contribution in [0.15, 0.2) is 17.1 Å². The second-order valence-electron chi connectivity index (χ2n) is 6.00. The van der Waals surface area contributed by atoms with Crippen LogP contribution in [0.3, 0.4) is 0 Å². The number of phosphoric ester groups is 1. The molecule has 31 heavy (non-hydrogen) atoms. The van der Waals surface area contributed by atoms with Gasteiger partial charge in [-0.3, -0.25) is 9.09 Å². The number of nitrogens with two attached hydrogens (primary N) is 1. The fraction of sp³-hybridized carbons (Fsp3) is 0.600. The lowest BCUT2D eigenvalue weighted by molar-refractivity contribution is -0.135. The molecule has 1 aliphatic rings. The number of aliphatic hydroxyl groups is 1. The Labute approximate surface area is 176 Å². The highest BCUT2D eigenvalue weighted by Gasteiger charge is 2.57. The number of aromatic nitrogens is 2. The molecule has 2 rings (SSSR count). The number of halogens is 2. The van der Waals surface area contributed by atoms with E-state index in [2.05, 4.69) is 18.1 Å². The third-order valence-electron chi connectivity index (χ3n) is 3.71. The van der Waals surface area contributed by atoms with Crippen molar-refractivity contribution in [3.05, 3.63) is 22.7 Å². The zero-order valence-electron chi connectivity index (χ0n) is 14.9. The van der Waals surface area contributed by atoms with Gasteiger partial charge in [-0.2, -0.15) is 13.6 Å². The lowest BCUT2D eigenvalue weighted by Gasteiger charge is -2.29. The maximum absolute atomic E-state index is 13.8. The Balaban J connectivity index is 2.20. The van der Waals surface area contributed by atoms with E-state index in [4.69, 9.17) is 36.8 Å². The van der Waals surface area contributed by atoms with E-state index in [1.54, 1.807) is 0 Å². The average Bonchev–Trinajstić information content (AvgIpc) is 2.82. The molecule has 0 spiro atoms. The number of rotatable bonds is 9. The number of nitrogen functional groups attached to an aromatic ring is 1. The minimum atomic E-state index is -5.82. The van der Waals surface area contributed by atoms with Gasteiger partial charge in [-0.15, -0.1) is 11.6 Å². The van der Waals surface area contributed by atoms with E-state index in [0.717, 1.165) is 10.8 Å². The highest BCUT2D eigenvalue weighted by atomic mass is 35.5. The molecule has 6 atom stereocenters. The summed E-state index contributed by atoms with van der Waals surface area (Å²) in [4.78, 5) is 50.9. The van der Waals surface area contributed by atoms with E-state index >= 15 is 0 Å². The van der Waals surface area contributed by atoms with E-state index in [9.17, 15) is 32.9 Å². The fourth-order valence-corrected chi connectivity index (χ4v) is 5.89. The molecule has 2 unspecified atom stereocenters. The first-order chi connectivity index (χ1) is 14.0. The summed E-state index contributed by atoms with van der Waals surface area (Å²) in [5, 5.41) is 8.78. The van der Waals surface area contributed by atoms with Crippen molar-refractivity contribution in [1.82, 2.24) is 9.55 Å². The largest absolute Gasteiger partial charge is 0.490 e. The molecule has 0 aromatic carbocycles. The third-order valence-corrected chi connectivity index (χ3v) is 7.95. The van der Waals surface area contributed by atoms with Crippen molar-refractivity contribution in [2.75, 3.05) is 19.0 Å². The van der Waals surface area contributed by atoms with Gasteiger partial charge in [-0.05, 0) is 6.07 Å². The SMILES string of the molecule is Nc1ccn([C@H]2O[C@](CF)(COP(=O)(O)OP(=O)(O)OP(=O)(O)O)[C@@H](O)[C@H]2Cl)c(=O)n1. The van der Waals surface area contributed by atoms with E-state index < -0.39 is 65.7 Å². The molecule has 1 aromatic rings. The van der Waals surface area contributed by atoms with E-state index in [0.29, 0.717) is 0 Å². The van der Waals surface area contributed by atoms with Crippen molar-refractivity contribution in [2.24, 2.45) is 0 Å². The lowest BCUT2D eigenvalue weighted by Crippen LogP contribution is -2.48. The normalized spacial score (nSPS) is 30.6. The van der Waals surface area contributed by atoms with Gasteiger partial charge in [0.05, 0.1) is 6.61 Å². The van der Waals surface area contributed by atoms with Crippen molar-refractivity contribution in [3.8, 4) is 0 Å². The van der Waals surface area contributed by atoms with Crippen molar-refractivity contribution in [1.29, 1.82) is 0 Å². The summed E-state index contributed by atoms with van der Waals surface area (Å²) in [6, 6.07) is 1.17. The molecule has 178 valence electrons. The van der Waals surface area contributed by atoms with Crippen LogP contribution in [0, 0.1) is 0 Å². The van der Waals surface area contributed by atoms with Gasteiger partial charge in [-0.1, -0.05) is 0 Å². The van der Waals surface area contributed by atoms with Crippen LogP contribution in [0.1, 0.15) is 6.23 Å². The molecule has 0 bridgehead atoms. The Bertz CT molecular complexity index is 1020. The molecule has 0 amide bonds. The summed E-state index contributed by atoms with van der Waals surface area (Å²) in [5.41, 5.74) is 1.90. The second kappa shape index (κ2) is 9.23. The van der Waals surface area contributed by atoms with Crippen LogP contribution < -0.4 is 11.4 Å². The Morgan fingerprint density at radius 2 is 1.87 bits per heavy atom. The fourth-order valence-electron chi connectivity index (χ4n) is 2.41. The van der Waals surface area contributed by atoms with Gasteiger partial charge >= 0.3 is 29.2 Å². The van der Waals surface area contributed by atoms with Crippen molar-refractivity contribution in [2.45, 2.75) is 23.3 Å². The number of aliphatic hydroxyl groups excluding tert-OH is 1. The molecule has 0 aliphatic carbocycles. The predicted octanol–water partition coefficient (Wildman–Crippen LogP) is -0.626. The predicted molar refractivity (Wildman–Crippen MR) is 97.2 cm³/mol. The monoisotopic (exact) mass is 533 g/mol. The summed E-state index contributed by atoms with van der Waals surface area (Å²) in [5.74, 6) is -0.157. The van der Waals surface area contributed by atoms with Crippen LogP contribution in [0.2, 0.25) is 0 Å². The molecule has 16 nitrogen and oxygen atoms in total. The molecule has 7 N–H and O–H groups in total. The van der Waals surface area contributed by atoms with Crippen LogP contribution in [-0.2, 0) is 31.6 Å². The Morgan fingerprint density at radius 3 is 2.39 bits per heavy atom. The second-order valence-corrected chi connectivity index (χ2v) is 10.9. The third kappa shape index (κ3) is 6.62. The number of phosphoric acid groups is 3. The summed E-state index contributed by atoms with van der Waals surface area (Å²) in [7, 11) is -17.1. The van der Waals surface area contributed by atoms with E-state index in [1.165, 1.54) is 6.07 Å². The molecule has 2 heterocycles.